The van der Waals surface area contributed by atoms with E-state index in [9.17, 15) is 14.1 Å². The molecule has 0 saturated carbocycles. The molecule has 0 bridgehead atoms. The Morgan fingerprint density at radius 2 is 1.81 bits per heavy atom. The SMILES string of the molecule is COC(=O)c1cc2[nH]c(O)c(C(=Nc3ccc(S(=O)N(C)OCCO)cc3)c3ccccc3)c2cc1C. The fraction of sp³-hybridized carbons (Fsp3) is 0.185. The number of aromatic hydroxyl groups is 1. The monoisotopic (exact) mass is 521 g/mol. The Labute approximate surface area is 216 Å². The van der Waals surface area contributed by atoms with E-state index in [4.69, 9.17) is 19.7 Å². The second kappa shape index (κ2) is 11.5. The number of H-pyrrole nitrogens is 1. The first kappa shape index (κ1) is 26.2. The van der Waals surface area contributed by atoms with Crippen LogP contribution in [0.2, 0.25) is 0 Å². The molecule has 1 heterocycles. The molecule has 9 nitrogen and oxygen atoms in total. The van der Waals surface area contributed by atoms with Gasteiger partial charge in [-0.25, -0.2) is 14.0 Å². The molecule has 1 aromatic heterocycles. The molecule has 4 rings (SSSR count). The van der Waals surface area contributed by atoms with Crippen molar-refractivity contribution in [1.82, 2.24) is 9.45 Å². The summed E-state index contributed by atoms with van der Waals surface area (Å²) < 4.78 is 18.7. The highest BCUT2D eigenvalue weighted by atomic mass is 32.2. The Morgan fingerprint density at radius 1 is 1.11 bits per heavy atom. The molecule has 4 aromatic rings. The second-order valence-corrected chi connectivity index (χ2v) is 9.60. The van der Waals surface area contributed by atoms with E-state index in [0.29, 0.717) is 43.9 Å². The average Bonchev–Trinajstić information content (AvgIpc) is 3.23. The van der Waals surface area contributed by atoms with Crippen molar-refractivity contribution in [1.29, 1.82) is 0 Å². The third kappa shape index (κ3) is 5.62. The van der Waals surface area contributed by atoms with Gasteiger partial charge in [-0.2, -0.15) is 0 Å². The number of esters is 1. The number of fused-ring (bicyclic) bond motifs is 1. The molecular formula is C27H27N3O6S. The molecule has 0 fully saturated rings. The minimum Gasteiger partial charge on any atom is -0.494 e. The van der Waals surface area contributed by atoms with E-state index < -0.39 is 17.0 Å². The van der Waals surface area contributed by atoms with Gasteiger partial charge >= 0.3 is 5.97 Å². The van der Waals surface area contributed by atoms with Crippen molar-refractivity contribution < 1.29 is 28.8 Å². The van der Waals surface area contributed by atoms with Crippen LogP contribution in [0, 0.1) is 6.92 Å². The number of aliphatic hydroxyl groups is 1. The van der Waals surface area contributed by atoms with Gasteiger partial charge in [0.15, 0.2) is 16.9 Å². The Morgan fingerprint density at radius 3 is 2.46 bits per heavy atom. The first-order valence-electron chi connectivity index (χ1n) is 11.4. The highest BCUT2D eigenvalue weighted by Crippen LogP contribution is 2.33. The number of methoxy groups -OCH3 is 1. The van der Waals surface area contributed by atoms with E-state index in [0.717, 1.165) is 5.56 Å². The number of benzene rings is 3. The first-order chi connectivity index (χ1) is 17.8. The molecule has 0 saturated heterocycles. The van der Waals surface area contributed by atoms with E-state index in [-0.39, 0.29) is 19.1 Å². The maximum Gasteiger partial charge on any atom is 0.338 e. The molecule has 10 heteroatoms. The number of carbonyl (C=O) groups excluding carboxylic acids is 1. The lowest BCUT2D eigenvalue weighted by atomic mass is 9.98. The summed E-state index contributed by atoms with van der Waals surface area (Å²) in [4.78, 5) is 25.7. The lowest BCUT2D eigenvalue weighted by Gasteiger charge is -2.14. The number of rotatable bonds is 9. The van der Waals surface area contributed by atoms with Crippen molar-refractivity contribution in [3.63, 3.8) is 0 Å². The van der Waals surface area contributed by atoms with Gasteiger partial charge < -0.3 is 19.9 Å². The van der Waals surface area contributed by atoms with Gasteiger partial charge in [0, 0.05) is 23.5 Å². The quantitative estimate of drug-likeness (QED) is 0.174. The highest BCUT2D eigenvalue weighted by molar-refractivity contribution is 7.82. The Bertz CT molecular complexity index is 1470. The van der Waals surface area contributed by atoms with Crippen LogP contribution in [0.1, 0.15) is 27.0 Å². The van der Waals surface area contributed by atoms with E-state index in [1.54, 1.807) is 37.3 Å². The number of nitrogens with zero attached hydrogens (tertiary/aromatic N) is 2. The minimum atomic E-state index is -1.58. The number of aliphatic imine (C=N–C) groups is 1. The summed E-state index contributed by atoms with van der Waals surface area (Å²) in [5, 5.41) is 20.5. The van der Waals surface area contributed by atoms with Crippen LogP contribution < -0.4 is 0 Å². The summed E-state index contributed by atoms with van der Waals surface area (Å²) in [5.74, 6) is -0.545. The van der Waals surface area contributed by atoms with Crippen LogP contribution in [0.3, 0.4) is 0 Å². The zero-order valence-electron chi connectivity index (χ0n) is 20.6. The fourth-order valence-electron chi connectivity index (χ4n) is 3.90. The van der Waals surface area contributed by atoms with E-state index in [2.05, 4.69) is 4.98 Å². The lowest BCUT2D eigenvalue weighted by Crippen LogP contribution is -2.23. The van der Waals surface area contributed by atoms with E-state index in [1.807, 2.05) is 36.4 Å². The van der Waals surface area contributed by atoms with Gasteiger partial charge in [0.05, 0.1) is 47.7 Å². The largest absolute Gasteiger partial charge is 0.494 e. The summed E-state index contributed by atoms with van der Waals surface area (Å²) in [5.41, 5.74) is 4.04. The molecule has 0 aliphatic rings. The zero-order chi connectivity index (χ0) is 26.5. The van der Waals surface area contributed by atoms with Gasteiger partial charge in [-0.3, -0.25) is 4.84 Å². The van der Waals surface area contributed by atoms with Gasteiger partial charge in [-0.1, -0.05) is 30.3 Å². The maximum atomic E-state index is 12.6. The van der Waals surface area contributed by atoms with Crippen molar-refractivity contribution in [3.8, 4) is 5.88 Å². The highest BCUT2D eigenvalue weighted by Gasteiger charge is 2.21. The topological polar surface area (TPSA) is 124 Å². The average molecular weight is 522 g/mol. The van der Waals surface area contributed by atoms with Gasteiger partial charge in [0.1, 0.15) is 0 Å². The summed E-state index contributed by atoms with van der Waals surface area (Å²) >= 11 is 0. The minimum absolute atomic E-state index is 0.0414. The number of carbonyl (C=O) groups is 1. The predicted octanol–water partition coefficient (Wildman–Crippen LogP) is 4.02. The van der Waals surface area contributed by atoms with Crippen LogP contribution in [-0.4, -0.2) is 62.9 Å². The smallest absolute Gasteiger partial charge is 0.338 e. The number of aryl methyl sites for hydroxylation is 1. The molecule has 0 aliphatic heterocycles. The second-order valence-electron chi connectivity index (χ2n) is 8.12. The first-order valence-corrected chi connectivity index (χ1v) is 12.5. The molecule has 3 N–H and O–H groups in total. The third-order valence-corrected chi connectivity index (χ3v) is 6.94. The third-order valence-electron chi connectivity index (χ3n) is 5.69. The standard InChI is InChI=1S/C27H27N3O6S/c1-17-15-22-23(16-21(17)27(33)35-3)29-26(32)24(22)25(18-7-5-4-6-8-18)28-19-9-11-20(12-10-19)37(34)30(2)36-14-13-31/h4-12,15-16,29,31-32H,13-14H2,1-3H3. The van der Waals surface area contributed by atoms with Crippen LogP contribution in [0.25, 0.3) is 10.9 Å². The van der Waals surface area contributed by atoms with E-state index >= 15 is 0 Å². The number of hydroxylamine groups is 1. The maximum absolute atomic E-state index is 12.6. The molecular weight excluding hydrogens is 494 g/mol. The van der Waals surface area contributed by atoms with Gasteiger partial charge in [0.2, 0.25) is 0 Å². The Kier molecular flexibility index (Phi) is 8.14. The number of aromatic nitrogens is 1. The van der Waals surface area contributed by atoms with Crippen LogP contribution >= 0.6 is 0 Å². The number of aliphatic hydroxyl groups excluding tert-OH is 1. The summed E-state index contributed by atoms with van der Waals surface area (Å²) in [6, 6.07) is 19.7. The Balaban J connectivity index is 1.80. The van der Waals surface area contributed by atoms with Crippen molar-refractivity contribution >= 4 is 39.3 Å². The zero-order valence-corrected chi connectivity index (χ0v) is 21.4. The normalized spacial score (nSPS) is 12.7. The molecule has 192 valence electrons. The molecule has 0 spiro atoms. The van der Waals surface area contributed by atoms with Crippen molar-refractivity contribution in [2.24, 2.45) is 4.99 Å². The summed E-state index contributed by atoms with van der Waals surface area (Å²) in [6.45, 7) is 1.67. The van der Waals surface area contributed by atoms with Crippen molar-refractivity contribution in [2.45, 2.75) is 11.8 Å². The summed E-state index contributed by atoms with van der Waals surface area (Å²) in [6.07, 6.45) is 0. The van der Waals surface area contributed by atoms with Gasteiger partial charge in [-0.15, -0.1) is 4.47 Å². The van der Waals surface area contributed by atoms with Gasteiger partial charge in [0.25, 0.3) is 0 Å². The number of hydrogen-bond donors (Lipinski definition) is 3. The van der Waals surface area contributed by atoms with Crippen LogP contribution in [0.5, 0.6) is 5.88 Å². The molecule has 3 aromatic carbocycles. The molecule has 0 amide bonds. The molecule has 37 heavy (non-hydrogen) atoms. The van der Waals surface area contributed by atoms with Crippen molar-refractivity contribution in [2.75, 3.05) is 27.4 Å². The van der Waals surface area contributed by atoms with Crippen LogP contribution in [0.4, 0.5) is 5.69 Å². The summed E-state index contributed by atoms with van der Waals surface area (Å²) in [7, 11) is 1.27. The van der Waals surface area contributed by atoms with Crippen LogP contribution in [-0.2, 0) is 20.6 Å². The number of hydrogen-bond acceptors (Lipinski definition) is 7. The van der Waals surface area contributed by atoms with Crippen molar-refractivity contribution in [3.05, 3.63) is 89.0 Å². The fourth-order valence-corrected chi connectivity index (χ4v) is 4.73. The number of aromatic amines is 1. The molecule has 0 aliphatic carbocycles. The number of nitrogens with one attached hydrogen (secondary N) is 1. The van der Waals surface area contributed by atoms with Crippen LogP contribution in [0.15, 0.2) is 76.6 Å². The molecule has 1 unspecified atom stereocenters. The van der Waals surface area contributed by atoms with E-state index in [1.165, 1.54) is 18.6 Å². The number of ether oxygens (including phenoxy) is 1. The van der Waals surface area contributed by atoms with Gasteiger partial charge in [-0.05, 0) is 48.9 Å². The predicted molar refractivity (Wildman–Crippen MR) is 141 cm³/mol. The Hall–Kier alpha value is -3.83. The molecule has 0 radical (unpaired) electrons. The lowest BCUT2D eigenvalue weighted by molar-refractivity contribution is -0.0729. The molecule has 1 atom stereocenters.